The molecule has 2 aromatic heterocycles. The van der Waals surface area contributed by atoms with E-state index in [0.29, 0.717) is 12.2 Å². The number of benzene rings is 1. The van der Waals surface area contributed by atoms with Gasteiger partial charge in [0, 0.05) is 29.4 Å². The van der Waals surface area contributed by atoms with E-state index in [2.05, 4.69) is 20.6 Å². The van der Waals surface area contributed by atoms with E-state index in [4.69, 9.17) is 11.5 Å². The second-order valence-corrected chi connectivity index (χ2v) is 6.96. The zero-order valence-electron chi connectivity index (χ0n) is 15.1. The number of primary amides is 1. The number of amides is 1. The highest BCUT2D eigenvalue weighted by Crippen LogP contribution is 2.25. The number of rotatable bonds is 6. The van der Waals surface area contributed by atoms with Crippen LogP contribution < -0.4 is 22.1 Å². The van der Waals surface area contributed by atoms with Crippen LogP contribution in [0.15, 0.2) is 42.6 Å². The van der Waals surface area contributed by atoms with Crippen molar-refractivity contribution in [2.45, 2.75) is 19.4 Å². The SMILES string of the molecule is CC(C)(N)CNc1nc(Nc2ccc3ncccc3c2)c(C(N)=O)cc1F. The molecule has 0 aliphatic heterocycles. The molecule has 0 atom stereocenters. The summed E-state index contributed by atoms with van der Waals surface area (Å²) in [6.45, 7) is 3.91. The van der Waals surface area contributed by atoms with Gasteiger partial charge in [-0.1, -0.05) is 6.07 Å². The predicted molar refractivity (Wildman–Crippen MR) is 104 cm³/mol. The van der Waals surface area contributed by atoms with Crippen LogP contribution in [0.2, 0.25) is 0 Å². The van der Waals surface area contributed by atoms with Gasteiger partial charge < -0.3 is 22.1 Å². The van der Waals surface area contributed by atoms with Gasteiger partial charge in [-0.15, -0.1) is 0 Å². The van der Waals surface area contributed by atoms with Crippen molar-refractivity contribution in [1.29, 1.82) is 0 Å². The molecular weight excluding hydrogens is 347 g/mol. The molecule has 0 aliphatic rings. The molecule has 6 N–H and O–H groups in total. The molecule has 0 fully saturated rings. The number of fused-ring (bicyclic) bond motifs is 1. The average Bonchev–Trinajstić information content (AvgIpc) is 2.60. The Hall–Kier alpha value is -3.26. The van der Waals surface area contributed by atoms with Gasteiger partial charge in [0.25, 0.3) is 5.91 Å². The highest BCUT2D eigenvalue weighted by molar-refractivity contribution is 5.99. The number of nitrogens with one attached hydrogen (secondary N) is 2. The van der Waals surface area contributed by atoms with Crippen molar-refractivity contribution < 1.29 is 9.18 Å². The first-order valence-corrected chi connectivity index (χ1v) is 8.38. The van der Waals surface area contributed by atoms with Crippen molar-refractivity contribution in [3.05, 3.63) is 54.0 Å². The third-order valence-electron chi connectivity index (χ3n) is 3.82. The Kier molecular flexibility index (Phi) is 4.91. The van der Waals surface area contributed by atoms with Gasteiger partial charge in [-0.05, 0) is 44.2 Å². The van der Waals surface area contributed by atoms with Crippen molar-refractivity contribution in [2.75, 3.05) is 17.2 Å². The number of hydrogen-bond donors (Lipinski definition) is 4. The molecule has 0 aliphatic carbocycles. The summed E-state index contributed by atoms with van der Waals surface area (Å²) in [6, 6.07) is 10.3. The first-order chi connectivity index (χ1) is 12.7. The summed E-state index contributed by atoms with van der Waals surface area (Å²) in [5.74, 6) is -1.31. The Balaban J connectivity index is 1.96. The molecule has 140 valence electrons. The Morgan fingerprint density at radius 2 is 2.00 bits per heavy atom. The molecule has 2 heterocycles. The average molecular weight is 368 g/mol. The van der Waals surface area contributed by atoms with Crippen LogP contribution in [-0.4, -0.2) is 28.0 Å². The second kappa shape index (κ2) is 7.16. The van der Waals surface area contributed by atoms with Gasteiger partial charge in [-0.2, -0.15) is 0 Å². The number of carbonyl (C=O) groups is 1. The molecule has 0 radical (unpaired) electrons. The lowest BCUT2D eigenvalue weighted by Gasteiger charge is -2.20. The minimum atomic E-state index is -0.780. The van der Waals surface area contributed by atoms with Crippen molar-refractivity contribution in [3.63, 3.8) is 0 Å². The Morgan fingerprint density at radius 1 is 1.22 bits per heavy atom. The molecule has 0 saturated carbocycles. The third-order valence-corrected chi connectivity index (χ3v) is 3.82. The molecular formula is C19H21FN6O. The Bertz CT molecular complexity index is 999. The molecule has 0 unspecified atom stereocenters. The number of pyridine rings is 2. The fraction of sp³-hybridized carbons (Fsp3) is 0.211. The number of hydrogen-bond acceptors (Lipinski definition) is 6. The van der Waals surface area contributed by atoms with Crippen molar-refractivity contribution in [2.24, 2.45) is 11.5 Å². The number of aromatic nitrogens is 2. The van der Waals surface area contributed by atoms with E-state index in [-0.39, 0.29) is 17.2 Å². The van der Waals surface area contributed by atoms with Gasteiger partial charge in [0.15, 0.2) is 11.6 Å². The summed E-state index contributed by atoms with van der Waals surface area (Å²) in [7, 11) is 0. The van der Waals surface area contributed by atoms with Crippen molar-refractivity contribution in [3.8, 4) is 0 Å². The lowest BCUT2D eigenvalue weighted by Crippen LogP contribution is -2.40. The summed E-state index contributed by atoms with van der Waals surface area (Å²) in [5, 5.41) is 6.81. The van der Waals surface area contributed by atoms with E-state index in [1.807, 2.05) is 24.3 Å². The topological polar surface area (TPSA) is 119 Å². The van der Waals surface area contributed by atoms with Crippen LogP contribution in [0.3, 0.4) is 0 Å². The molecule has 0 bridgehead atoms. The highest BCUT2D eigenvalue weighted by atomic mass is 19.1. The first kappa shape index (κ1) is 18.5. The molecule has 8 heteroatoms. The van der Waals surface area contributed by atoms with Crippen LogP contribution in [-0.2, 0) is 0 Å². The quantitative estimate of drug-likeness (QED) is 0.531. The van der Waals surface area contributed by atoms with E-state index in [1.165, 1.54) is 0 Å². The van der Waals surface area contributed by atoms with Crippen LogP contribution in [0, 0.1) is 5.82 Å². The molecule has 27 heavy (non-hydrogen) atoms. The molecule has 1 aromatic carbocycles. The smallest absolute Gasteiger partial charge is 0.252 e. The number of anilines is 3. The maximum Gasteiger partial charge on any atom is 0.252 e. The summed E-state index contributed by atoms with van der Waals surface area (Å²) in [5.41, 5.74) is 12.2. The summed E-state index contributed by atoms with van der Waals surface area (Å²) >= 11 is 0. The fourth-order valence-corrected chi connectivity index (χ4v) is 2.50. The molecule has 3 aromatic rings. The molecule has 0 saturated heterocycles. The van der Waals surface area contributed by atoms with Gasteiger partial charge in [0.05, 0.1) is 11.1 Å². The summed E-state index contributed by atoms with van der Waals surface area (Å²) in [6.07, 6.45) is 1.71. The van der Waals surface area contributed by atoms with Crippen molar-refractivity contribution in [1.82, 2.24) is 9.97 Å². The standard InChI is InChI=1S/C19H21FN6O/c1-19(2,22)10-24-18-14(20)9-13(16(21)27)17(26-18)25-12-5-6-15-11(8-12)4-3-7-23-15/h3-9H,10,22H2,1-2H3,(H2,21,27)(H2,24,25,26). The van der Waals surface area contributed by atoms with E-state index in [0.717, 1.165) is 17.0 Å². The Morgan fingerprint density at radius 3 is 2.70 bits per heavy atom. The molecule has 3 rings (SSSR count). The van der Waals surface area contributed by atoms with E-state index in [1.54, 1.807) is 26.1 Å². The van der Waals surface area contributed by atoms with Gasteiger partial charge in [0.1, 0.15) is 5.82 Å². The molecule has 1 amide bonds. The summed E-state index contributed by atoms with van der Waals surface area (Å²) < 4.78 is 14.3. The van der Waals surface area contributed by atoms with Crippen molar-refractivity contribution >= 4 is 34.1 Å². The van der Waals surface area contributed by atoms with Crippen LogP contribution in [0.4, 0.5) is 21.7 Å². The zero-order chi connectivity index (χ0) is 19.6. The maximum atomic E-state index is 14.3. The first-order valence-electron chi connectivity index (χ1n) is 8.38. The van der Waals surface area contributed by atoms with Crippen LogP contribution in [0.25, 0.3) is 10.9 Å². The van der Waals surface area contributed by atoms with Gasteiger partial charge in [-0.3, -0.25) is 9.78 Å². The van der Waals surface area contributed by atoms with Crippen LogP contribution in [0.1, 0.15) is 24.2 Å². The minimum absolute atomic E-state index is 0.0107. The largest absolute Gasteiger partial charge is 0.366 e. The normalized spacial score (nSPS) is 11.4. The number of nitrogens with zero attached hydrogens (tertiary/aromatic N) is 2. The van der Waals surface area contributed by atoms with Gasteiger partial charge in [-0.25, -0.2) is 9.37 Å². The predicted octanol–water partition coefficient (Wildman–Crippen LogP) is 2.76. The van der Waals surface area contributed by atoms with E-state index < -0.39 is 17.3 Å². The number of carbonyl (C=O) groups excluding carboxylic acids is 1. The Labute approximate surface area is 156 Å². The number of halogens is 1. The van der Waals surface area contributed by atoms with Crippen LogP contribution in [0.5, 0.6) is 0 Å². The second-order valence-electron chi connectivity index (χ2n) is 6.96. The lowest BCUT2D eigenvalue weighted by molar-refractivity contribution is 0.100. The highest BCUT2D eigenvalue weighted by Gasteiger charge is 2.18. The van der Waals surface area contributed by atoms with Crippen LogP contribution >= 0.6 is 0 Å². The van der Waals surface area contributed by atoms with Gasteiger partial charge in [0.2, 0.25) is 0 Å². The van der Waals surface area contributed by atoms with Gasteiger partial charge >= 0.3 is 0 Å². The summed E-state index contributed by atoms with van der Waals surface area (Å²) in [4.78, 5) is 20.2. The molecule has 7 nitrogen and oxygen atoms in total. The number of nitrogens with two attached hydrogens (primary N) is 2. The minimum Gasteiger partial charge on any atom is -0.366 e. The van der Waals surface area contributed by atoms with E-state index in [9.17, 15) is 9.18 Å². The maximum absolute atomic E-state index is 14.3. The third kappa shape index (κ3) is 4.48. The monoisotopic (exact) mass is 368 g/mol. The molecule has 0 spiro atoms. The zero-order valence-corrected chi connectivity index (χ0v) is 15.1. The van der Waals surface area contributed by atoms with E-state index >= 15 is 0 Å². The fourth-order valence-electron chi connectivity index (χ4n) is 2.50. The lowest BCUT2D eigenvalue weighted by atomic mass is 10.1.